The van der Waals surface area contributed by atoms with E-state index in [-0.39, 0.29) is 12.6 Å². The summed E-state index contributed by atoms with van der Waals surface area (Å²) in [5, 5.41) is 4.31. The van der Waals surface area contributed by atoms with Gasteiger partial charge in [-0.1, -0.05) is 24.3 Å². The monoisotopic (exact) mass is 483 g/mol. The van der Waals surface area contributed by atoms with Crippen LogP contribution in [0.2, 0.25) is 0 Å². The quantitative estimate of drug-likeness (QED) is 0.329. The third kappa shape index (κ3) is 5.43. The fourth-order valence-corrected chi connectivity index (χ4v) is 3.69. The first-order valence-corrected chi connectivity index (χ1v) is 10.9. The molecule has 2 aromatic heterocycles. The van der Waals surface area contributed by atoms with Crippen LogP contribution in [0.25, 0.3) is 22.0 Å². The van der Waals surface area contributed by atoms with Crippen LogP contribution in [0, 0.1) is 6.92 Å². The predicted molar refractivity (Wildman–Crippen MR) is 128 cm³/mol. The van der Waals surface area contributed by atoms with Crippen molar-refractivity contribution in [2.45, 2.75) is 26.1 Å². The normalized spacial score (nSPS) is 12.5. The lowest BCUT2D eigenvalue weighted by Gasteiger charge is -2.22. The van der Waals surface area contributed by atoms with Gasteiger partial charge in [0.2, 0.25) is 11.8 Å². The molecular formula is C25H24F3N5O2. The van der Waals surface area contributed by atoms with Gasteiger partial charge in [-0.25, -0.2) is 15.0 Å². The molecule has 2 aromatic carbocycles. The number of alkyl halides is 3. The molecule has 0 aliphatic carbocycles. The Morgan fingerprint density at radius 2 is 1.83 bits per heavy atom. The zero-order chi connectivity index (χ0) is 25.0. The molecule has 3 N–H and O–H groups in total. The molecule has 1 atom stereocenters. The van der Waals surface area contributed by atoms with Crippen molar-refractivity contribution in [3.63, 3.8) is 0 Å². The Labute approximate surface area is 200 Å². The Morgan fingerprint density at radius 1 is 1.00 bits per heavy atom. The average molecular weight is 483 g/mol. The van der Waals surface area contributed by atoms with Gasteiger partial charge in [0.15, 0.2) is 6.10 Å². The number of halogens is 3. The zero-order valence-corrected chi connectivity index (χ0v) is 19.1. The van der Waals surface area contributed by atoms with Crippen LogP contribution >= 0.6 is 0 Å². The van der Waals surface area contributed by atoms with E-state index in [0.717, 1.165) is 5.56 Å². The van der Waals surface area contributed by atoms with Crippen molar-refractivity contribution >= 4 is 22.4 Å². The number of aryl methyl sites for hydroxylation is 1. The number of benzene rings is 2. The molecule has 0 aliphatic rings. The molecule has 0 saturated carbocycles. The molecule has 0 bridgehead atoms. The number of anilines is 2. The molecule has 1 unspecified atom stereocenters. The van der Waals surface area contributed by atoms with Gasteiger partial charge in [0.25, 0.3) is 0 Å². The third-order valence-corrected chi connectivity index (χ3v) is 5.34. The number of hydrogen-bond acceptors (Lipinski definition) is 7. The summed E-state index contributed by atoms with van der Waals surface area (Å²) in [5.74, 6) is 0.969. The molecule has 0 spiro atoms. The number of rotatable bonds is 8. The number of nitrogens with two attached hydrogens (primary N) is 1. The topological polar surface area (TPSA) is 95.2 Å². The van der Waals surface area contributed by atoms with E-state index in [0.29, 0.717) is 39.3 Å². The lowest BCUT2D eigenvalue weighted by molar-refractivity contribution is -0.214. The van der Waals surface area contributed by atoms with Gasteiger partial charge in [0, 0.05) is 35.5 Å². The summed E-state index contributed by atoms with van der Waals surface area (Å²) in [6.07, 6.45) is -3.24. The summed E-state index contributed by atoms with van der Waals surface area (Å²) in [6.45, 7) is 2.96. The van der Waals surface area contributed by atoms with Crippen LogP contribution in [0.4, 0.5) is 24.8 Å². The first-order chi connectivity index (χ1) is 16.8. The maximum atomic E-state index is 13.3. The van der Waals surface area contributed by atoms with Gasteiger partial charge in [-0.05, 0) is 43.7 Å². The minimum absolute atomic E-state index is 0.0387. The number of hydrogen-bond donors (Lipinski definition) is 2. The molecule has 35 heavy (non-hydrogen) atoms. The first kappa shape index (κ1) is 24.2. The maximum Gasteiger partial charge on any atom is 0.416 e. The molecule has 182 valence electrons. The van der Waals surface area contributed by atoms with Gasteiger partial charge in [-0.2, -0.15) is 13.2 Å². The average Bonchev–Trinajstić information content (AvgIpc) is 2.83. The SMILES string of the molecule is CCOC(CNc1cccc2c(Oc3ncccc3-c3ccnc(N)n3)c(C)ccc12)C(F)(F)F. The van der Waals surface area contributed by atoms with Crippen molar-refractivity contribution in [3.05, 3.63) is 66.5 Å². The third-order valence-electron chi connectivity index (χ3n) is 5.34. The molecule has 10 heteroatoms. The van der Waals surface area contributed by atoms with Crippen LogP contribution in [-0.2, 0) is 4.74 Å². The second-order valence-electron chi connectivity index (χ2n) is 7.74. The largest absolute Gasteiger partial charge is 0.437 e. The summed E-state index contributed by atoms with van der Waals surface area (Å²) in [6, 6.07) is 14.3. The Balaban J connectivity index is 1.70. The van der Waals surface area contributed by atoms with E-state index < -0.39 is 18.8 Å². The highest BCUT2D eigenvalue weighted by atomic mass is 19.4. The summed E-state index contributed by atoms with van der Waals surface area (Å²) in [7, 11) is 0. The molecule has 0 saturated heterocycles. The number of aromatic nitrogens is 3. The number of fused-ring (bicyclic) bond motifs is 1. The van der Waals surface area contributed by atoms with E-state index in [4.69, 9.17) is 15.2 Å². The Kier molecular flexibility index (Phi) is 7.02. The van der Waals surface area contributed by atoms with Gasteiger partial charge in [-0.3, -0.25) is 0 Å². The lowest BCUT2D eigenvalue weighted by Crippen LogP contribution is -2.37. The molecular weight excluding hydrogens is 459 g/mol. The molecule has 4 rings (SSSR count). The summed E-state index contributed by atoms with van der Waals surface area (Å²) in [4.78, 5) is 12.5. The van der Waals surface area contributed by atoms with E-state index in [1.54, 1.807) is 36.7 Å². The van der Waals surface area contributed by atoms with Crippen molar-refractivity contribution in [1.29, 1.82) is 0 Å². The molecule has 4 aromatic rings. The van der Waals surface area contributed by atoms with Gasteiger partial charge < -0.3 is 20.5 Å². The molecule has 0 amide bonds. The smallest absolute Gasteiger partial charge is 0.416 e. The van der Waals surface area contributed by atoms with Crippen molar-refractivity contribution in [2.75, 3.05) is 24.2 Å². The standard InChI is InChI=1S/C25H24F3N5O2/c1-3-34-21(25(26,27)28)14-32-19-8-4-6-17-16(19)10-9-15(2)22(17)35-23-18(7-5-12-30-23)20-11-13-31-24(29)33-20/h4-13,21,32H,3,14H2,1-2H3,(H2,29,31,33). The van der Waals surface area contributed by atoms with Crippen molar-refractivity contribution in [1.82, 2.24) is 15.0 Å². The van der Waals surface area contributed by atoms with Crippen LogP contribution in [0.1, 0.15) is 12.5 Å². The molecule has 7 nitrogen and oxygen atoms in total. The Hall–Kier alpha value is -3.92. The highest BCUT2D eigenvalue weighted by molar-refractivity contribution is 5.98. The zero-order valence-electron chi connectivity index (χ0n) is 19.1. The van der Waals surface area contributed by atoms with Crippen molar-refractivity contribution < 1.29 is 22.6 Å². The minimum atomic E-state index is -4.47. The Morgan fingerprint density at radius 3 is 2.57 bits per heavy atom. The van der Waals surface area contributed by atoms with Crippen LogP contribution in [0.3, 0.4) is 0 Å². The number of nitrogen functional groups attached to an aromatic ring is 1. The van der Waals surface area contributed by atoms with Crippen molar-refractivity contribution in [3.8, 4) is 22.9 Å². The van der Waals surface area contributed by atoms with Crippen LogP contribution in [-0.4, -0.2) is 40.4 Å². The molecule has 0 fully saturated rings. The Bertz CT molecular complexity index is 1330. The second-order valence-corrected chi connectivity index (χ2v) is 7.74. The minimum Gasteiger partial charge on any atom is -0.437 e. The van der Waals surface area contributed by atoms with Crippen LogP contribution in [0.15, 0.2) is 60.9 Å². The van der Waals surface area contributed by atoms with Crippen LogP contribution in [0.5, 0.6) is 11.6 Å². The van der Waals surface area contributed by atoms with Gasteiger partial charge in [0.05, 0.1) is 17.8 Å². The fourth-order valence-electron chi connectivity index (χ4n) is 3.69. The fraction of sp³-hybridized carbons (Fsp3) is 0.240. The van der Waals surface area contributed by atoms with E-state index in [9.17, 15) is 13.2 Å². The van der Waals surface area contributed by atoms with E-state index >= 15 is 0 Å². The van der Waals surface area contributed by atoms with E-state index in [1.807, 2.05) is 31.2 Å². The van der Waals surface area contributed by atoms with Crippen LogP contribution < -0.4 is 15.8 Å². The van der Waals surface area contributed by atoms with Gasteiger partial charge in [0.1, 0.15) is 5.75 Å². The highest BCUT2D eigenvalue weighted by Gasteiger charge is 2.40. The summed E-state index contributed by atoms with van der Waals surface area (Å²) < 4.78 is 51.0. The molecule has 0 radical (unpaired) electrons. The number of nitrogens with zero attached hydrogens (tertiary/aromatic N) is 3. The van der Waals surface area contributed by atoms with Gasteiger partial charge >= 0.3 is 6.18 Å². The van der Waals surface area contributed by atoms with Gasteiger partial charge in [-0.15, -0.1) is 0 Å². The first-order valence-electron chi connectivity index (χ1n) is 10.9. The molecule has 2 heterocycles. The van der Waals surface area contributed by atoms with Crippen molar-refractivity contribution in [2.24, 2.45) is 0 Å². The maximum absolute atomic E-state index is 13.3. The van der Waals surface area contributed by atoms with E-state index in [1.165, 1.54) is 6.92 Å². The predicted octanol–water partition coefficient (Wildman–Crippen LogP) is 5.75. The second kappa shape index (κ2) is 10.1. The highest BCUT2D eigenvalue weighted by Crippen LogP contribution is 2.38. The molecule has 0 aliphatic heterocycles. The summed E-state index contributed by atoms with van der Waals surface area (Å²) in [5.41, 5.74) is 8.28. The van der Waals surface area contributed by atoms with E-state index in [2.05, 4.69) is 20.3 Å². The number of nitrogens with one attached hydrogen (secondary N) is 1. The lowest BCUT2D eigenvalue weighted by atomic mass is 10.0. The number of ether oxygens (including phenoxy) is 2. The number of pyridine rings is 1. The summed E-state index contributed by atoms with van der Waals surface area (Å²) >= 11 is 0.